The number of piperidine rings is 1. The van der Waals surface area contributed by atoms with Crippen LogP contribution in [0, 0.1) is 11.6 Å². The van der Waals surface area contributed by atoms with Crippen molar-refractivity contribution < 1.29 is 13.5 Å². The Morgan fingerprint density at radius 2 is 1.86 bits per heavy atom. The fraction of sp³-hybridized carbons (Fsp3) is 0.407. The maximum absolute atomic E-state index is 13.4. The predicted octanol–water partition coefficient (Wildman–Crippen LogP) is 4.31. The SMILES string of the molecule is CN1CCC(N2CCc3nc(-c4n[nH]c5ccc(OCCc6cc(F)cc(F)c6)cc45)[nH]c3C2)CC1. The highest BCUT2D eigenvalue weighted by atomic mass is 19.1. The third-order valence-electron chi connectivity index (χ3n) is 7.41. The quantitative estimate of drug-likeness (QED) is 0.420. The molecule has 2 N–H and O–H groups in total. The lowest BCUT2D eigenvalue weighted by Gasteiger charge is -2.38. The Balaban J connectivity index is 1.17. The molecule has 0 saturated carbocycles. The average Bonchev–Trinajstić information content (AvgIpc) is 3.47. The highest BCUT2D eigenvalue weighted by Crippen LogP contribution is 2.31. The van der Waals surface area contributed by atoms with Gasteiger partial charge in [-0.15, -0.1) is 0 Å². The monoisotopic (exact) mass is 492 g/mol. The Labute approximate surface area is 208 Å². The van der Waals surface area contributed by atoms with E-state index in [1.54, 1.807) is 0 Å². The normalized spacial score (nSPS) is 17.5. The van der Waals surface area contributed by atoms with Crippen LogP contribution in [0.5, 0.6) is 5.75 Å². The van der Waals surface area contributed by atoms with Gasteiger partial charge in [-0.25, -0.2) is 13.8 Å². The van der Waals surface area contributed by atoms with Gasteiger partial charge in [0.15, 0.2) is 5.82 Å². The van der Waals surface area contributed by atoms with Crippen LogP contribution in [0.25, 0.3) is 22.4 Å². The molecular formula is C27H30F2N6O. The number of imidazole rings is 1. The summed E-state index contributed by atoms with van der Waals surface area (Å²) in [6.07, 6.45) is 3.78. The second kappa shape index (κ2) is 9.63. The maximum Gasteiger partial charge on any atom is 0.159 e. The van der Waals surface area contributed by atoms with Crippen LogP contribution in [0.15, 0.2) is 36.4 Å². The zero-order chi connectivity index (χ0) is 24.6. The molecule has 0 radical (unpaired) electrons. The number of rotatable bonds is 6. The molecule has 0 atom stereocenters. The van der Waals surface area contributed by atoms with Crippen LogP contribution < -0.4 is 4.74 Å². The number of benzene rings is 2. The molecule has 2 aliphatic heterocycles. The van der Waals surface area contributed by atoms with Crippen molar-refractivity contribution in [3.8, 4) is 17.3 Å². The van der Waals surface area contributed by atoms with E-state index in [1.807, 2.05) is 18.2 Å². The van der Waals surface area contributed by atoms with Crippen molar-refractivity contribution in [3.63, 3.8) is 0 Å². The Kier molecular flexibility index (Phi) is 6.18. The molecule has 1 fully saturated rings. The second-order valence-corrected chi connectivity index (χ2v) is 9.92. The van der Waals surface area contributed by atoms with Crippen LogP contribution in [-0.4, -0.2) is 69.3 Å². The van der Waals surface area contributed by atoms with Crippen molar-refractivity contribution in [1.29, 1.82) is 0 Å². The highest BCUT2D eigenvalue weighted by molar-refractivity contribution is 5.92. The van der Waals surface area contributed by atoms with E-state index in [4.69, 9.17) is 9.72 Å². The first-order chi connectivity index (χ1) is 17.5. The van der Waals surface area contributed by atoms with Gasteiger partial charge in [0.1, 0.15) is 23.1 Å². The molecule has 0 spiro atoms. The number of H-pyrrole nitrogens is 2. The predicted molar refractivity (Wildman–Crippen MR) is 134 cm³/mol. The van der Waals surface area contributed by atoms with E-state index >= 15 is 0 Å². The summed E-state index contributed by atoms with van der Waals surface area (Å²) in [7, 11) is 2.20. The summed E-state index contributed by atoms with van der Waals surface area (Å²) in [6, 6.07) is 9.89. The Bertz CT molecular complexity index is 1350. The van der Waals surface area contributed by atoms with Crippen molar-refractivity contribution in [2.24, 2.45) is 0 Å². The van der Waals surface area contributed by atoms with Crippen LogP contribution in [0.4, 0.5) is 8.78 Å². The summed E-state index contributed by atoms with van der Waals surface area (Å²) in [5.74, 6) is 0.283. The van der Waals surface area contributed by atoms with E-state index in [1.165, 1.54) is 30.7 Å². The van der Waals surface area contributed by atoms with Gasteiger partial charge in [-0.05, 0) is 68.9 Å². The summed E-state index contributed by atoms with van der Waals surface area (Å²) in [5, 5.41) is 8.55. The minimum absolute atomic E-state index is 0.309. The summed E-state index contributed by atoms with van der Waals surface area (Å²) in [5.41, 5.74) is 4.53. The molecule has 4 aromatic rings. The number of likely N-dealkylation sites (tertiary alicyclic amines) is 1. The molecule has 0 aliphatic carbocycles. The number of hydrogen-bond donors (Lipinski definition) is 2. The number of halogens is 2. The van der Waals surface area contributed by atoms with Crippen molar-refractivity contribution >= 4 is 10.9 Å². The largest absolute Gasteiger partial charge is 0.493 e. The third-order valence-corrected chi connectivity index (χ3v) is 7.41. The molecule has 0 unspecified atom stereocenters. The third kappa shape index (κ3) is 4.73. The number of aromatic nitrogens is 4. The van der Waals surface area contributed by atoms with Gasteiger partial charge in [-0.3, -0.25) is 10.00 Å². The molecule has 9 heteroatoms. The minimum Gasteiger partial charge on any atom is -0.493 e. The fourth-order valence-corrected chi connectivity index (χ4v) is 5.40. The lowest BCUT2D eigenvalue weighted by atomic mass is 10.0. The van der Waals surface area contributed by atoms with Gasteiger partial charge in [0, 0.05) is 43.4 Å². The molecule has 1 saturated heterocycles. The molecule has 2 aromatic heterocycles. The van der Waals surface area contributed by atoms with E-state index in [-0.39, 0.29) is 0 Å². The topological polar surface area (TPSA) is 73.1 Å². The van der Waals surface area contributed by atoms with Crippen molar-refractivity contribution in [2.75, 3.05) is 33.3 Å². The lowest BCUT2D eigenvalue weighted by Crippen LogP contribution is -2.45. The zero-order valence-corrected chi connectivity index (χ0v) is 20.4. The van der Waals surface area contributed by atoms with Crippen LogP contribution in [0.3, 0.4) is 0 Å². The van der Waals surface area contributed by atoms with E-state index < -0.39 is 11.6 Å². The molecule has 4 heterocycles. The van der Waals surface area contributed by atoms with E-state index in [2.05, 4.69) is 32.0 Å². The van der Waals surface area contributed by atoms with Crippen LogP contribution >= 0.6 is 0 Å². The first-order valence-corrected chi connectivity index (χ1v) is 12.6. The zero-order valence-electron chi connectivity index (χ0n) is 20.4. The maximum atomic E-state index is 13.4. The molecule has 188 valence electrons. The second-order valence-electron chi connectivity index (χ2n) is 9.92. The van der Waals surface area contributed by atoms with E-state index in [0.29, 0.717) is 30.4 Å². The Morgan fingerprint density at radius 1 is 1.06 bits per heavy atom. The Morgan fingerprint density at radius 3 is 2.67 bits per heavy atom. The average molecular weight is 493 g/mol. The van der Waals surface area contributed by atoms with Gasteiger partial charge in [0.25, 0.3) is 0 Å². The van der Waals surface area contributed by atoms with Gasteiger partial charge in [-0.1, -0.05) is 0 Å². The summed E-state index contributed by atoms with van der Waals surface area (Å²) in [4.78, 5) is 13.4. The first kappa shape index (κ1) is 23.1. The molecule has 0 bridgehead atoms. The molecule has 2 aliphatic rings. The Hall–Kier alpha value is -3.30. The van der Waals surface area contributed by atoms with Crippen molar-refractivity contribution in [1.82, 2.24) is 30.0 Å². The number of nitrogens with zero attached hydrogens (tertiary/aromatic N) is 4. The molecule has 36 heavy (non-hydrogen) atoms. The van der Waals surface area contributed by atoms with Crippen LogP contribution in [0.1, 0.15) is 29.8 Å². The summed E-state index contributed by atoms with van der Waals surface area (Å²) >= 11 is 0. The van der Waals surface area contributed by atoms with Gasteiger partial charge in [0.05, 0.1) is 23.5 Å². The number of ether oxygens (including phenoxy) is 1. The molecular weight excluding hydrogens is 462 g/mol. The number of nitrogens with one attached hydrogen (secondary N) is 2. The van der Waals surface area contributed by atoms with Crippen molar-refractivity contribution in [2.45, 2.75) is 38.3 Å². The number of hydrogen-bond acceptors (Lipinski definition) is 5. The summed E-state index contributed by atoms with van der Waals surface area (Å²) in [6.45, 7) is 4.56. The van der Waals surface area contributed by atoms with E-state index in [9.17, 15) is 8.78 Å². The first-order valence-electron chi connectivity index (χ1n) is 12.6. The van der Waals surface area contributed by atoms with Crippen molar-refractivity contribution in [3.05, 3.63) is 65.0 Å². The smallest absolute Gasteiger partial charge is 0.159 e. The number of fused-ring (bicyclic) bond motifs is 2. The van der Waals surface area contributed by atoms with Gasteiger partial charge >= 0.3 is 0 Å². The minimum atomic E-state index is -0.579. The standard InChI is InChI=1S/C27H30F2N6O/c1-34-8-4-20(5-9-34)35-10-6-24-25(16-35)31-27(30-24)26-22-15-21(2-3-23(22)32-33-26)36-11-7-17-12-18(28)14-19(29)13-17/h2-3,12-15,20H,4-11,16H2,1H3,(H,30,31)(H,32,33). The van der Waals surface area contributed by atoms with Crippen LogP contribution in [0.2, 0.25) is 0 Å². The van der Waals surface area contributed by atoms with E-state index in [0.717, 1.165) is 66.8 Å². The van der Waals surface area contributed by atoms with Gasteiger partial charge in [0.2, 0.25) is 0 Å². The molecule has 7 nitrogen and oxygen atoms in total. The molecule has 6 rings (SSSR count). The highest BCUT2D eigenvalue weighted by Gasteiger charge is 2.28. The lowest BCUT2D eigenvalue weighted by molar-refractivity contribution is 0.108. The van der Waals surface area contributed by atoms with Gasteiger partial charge in [-0.2, -0.15) is 5.10 Å². The van der Waals surface area contributed by atoms with Crippen LogP contribution in [-0.2, 0) is 19.4 Å². The number of aromatic amines is 2. The fourth-order valence-electron chi connectivity index (χ4n) is 5.40. The summed E-state index contributed by atoms with van der Waals surface area (Å²) < 4.78 is 32.8. The van der Waals surface area contributed by atoms with Gasteiger partial charge < -0.3 is 14.6 Å². The molecule has 0 amide bonds. The molecule has 2 aromatic carbocycles.